The molecule has 1 aromatic rings. The van der Waals surface area contributed by atoms with E-state index in [1.54, 1.807) is 0 Å². The molecule has 0 bridgehead atoms. The average molecular weight is 260 g/mol. The van der Waals surface area contributed by atoms with Crippen LogP contribution in [0.15, 0.2) is 16.6 Å². The highest BCUT2D eigenvalue weighted by molar-refractivity contribution is 9.10. The van der Waals surface area contributed by atoms with Crippen molar-refractivity contribution < 1.29 is 15.0 Å². The van der Waals surface area contributed by atoms with Gasteiger partial charge in [-0.1, -0.05) is 15.9 Å². The summed E-state index contributed by atoms with van der Waals surface area (Å²) < 4.78 is 0.511. The number of hydrogen-bond acceptors (Lipinski definition) is 4. The van der Waals surface area contributed by atoms with Gasteiger partial charge in [0, 0.05) is 4.47 Å². The van der Waals surface area contributed by atoms with Gasteiger partial charge in [-0.15, -0.1) is 0 Å². The van der Waals surface area contributed by atoms with E-state index in [0.29, 0.717) is 4.47 Å². The van der Waals surface area contributed by atoms with Crippen molar-refractivity contribution in [3.63, 3.8) is 0 Å². The number of halogens is 1. The molecular weight excluding hydrogens is 250 g/mol. The van der Waals surface area contributed by atoms with E-state index in [-0.39, 0.29) is 11.3 Å². The summed E-state index contributed by atoms with van der Waals surface area (Å²) in [5, 5.41) is 18.6. The number of carbonyl (C=O) groups is 1. The molecule has 0 aliphatic carbocycles. The van der Waals surface area contributed by atoms with Gasteiger partial charge in [0.05, 0.1) is 11.6 Å². The van der Waals surface area contributed by atoms with Crippen LogP contribution in [-0.2, 0) is 0 Å². The summed E-state index contributed by atoms with van der Waals surface area (Å²) in [6.45, 7) is 1.51. The summed E-state index contributed by atoms with van der Waals surface area (Å²) >= 11 is 3.10. The number of hydrogen-bond donors (Lipinski definition) is 3. The monoisotopic (exact) mass is 259 g/mol. The topological polar surface area (TPSA) is 83.6 Å². The molecule has 0 saturated carbocycles. The zero-order valence-electron chi connectivity index (χ0n) is 7.49. The van der Waals surface area contributed by atoms with E-state index in [1.807, 2.05) is 0 Å². The molecule has 0 amide bonds. The highest BCUT2D eigenvalue weighted by Gasteiger charge is 2.18. The van der Waals surface area contributed by atoms with Crippen LogP contribution < -0.4 is 5.73 Å². The first kappa shape index (κ1) is 11.0. The van der Waals surface area contributed by atoms with E-state index in [0.717, 1.165) is 0 Å². The van der Waals surface area contributed by atoms with Crippen molar-refractivity contribution in [1.82, 2.24) is 0 Å². The fourth-order valence-electron chi connectivity index (χ4n) is 1.02. The summed E-state index contributed by atoms with van der Waals surface area (Å²) in [5.74, 6) is -1.20. The Bertz CT molecular complexity index is 377. The van der Waals surface area contributed by atoms with Crippen LogP contribution in [0.3, 0.4) is 0 Å². The molecule has 0 saturated heterocycles. The van der Waals surface area contributed by atoms with Crippen LogP contribution in [0.2, 0.25) is 0 Å². The van der Waals surface area contributed by atoms with Crippen LogP contribution in [-0.4, -0.2) is 22.0 Å². The third kappa shape index (κ3) is 2.05. The van der Waals surface area contributed by atoms with Crippen molar-refractivity contribution in [2.45, 2.75) is 13.0 Å². The van der Waals surface area contributed by atoms with Crippen LogP contribution in [0.4, 0.5) is 0 Å². The van der Waals surface area contributed by atoms with Gasteiger partial charge in [-0.05, 0) is 19.1 Å². The van der Waals surface area contributed by atoms with Crippen molar-refractivity contribution in [1.29, 1.82) is 0 Å². The number of ketones is 1. The van der Waals surface area contributed by atoms with E-state index in [2.05, 4.69) is 15.9 Å². The number of phenols is 2. The lowest BCUT2D eigenvalue weighted by Gasteiger charge is -2.08. The molecule has 1 atom stereocenters. The fraction of sp³-hybridized carbons (Fsp3) is 0.222. The molecule has 1 aromatic carbocycles. The maximum Gasteiger partial charge on any atom is 0.183 e. The lowest BCUT2D eigenvalue weighted by molar-refractivity contribution is 0.0964. The summed E-state index contributed by atoms with van der Waals surface area (Å²) in [6.07, 6.45) is 0. The van der Waals surface area contributed by atoms with Gasteiger partial charge in [0.2, 0.25) is 0 Å². The Morgan fingerprint density at radius 3 is 2.57 bits per heavy atom. The molecule has 1 rings (SSSR count). The lowest BCUT2D eigenvalue weighted by atomic mass is 10.0. The first-order valence-electron chi connectivity index (χ1n) is 3.94. The van der Waals surface area contributed by atoms with Gasteiger partial charge in [-0.2, -0.15) is 0 Å². The quantitative estimate of drug-likeness (QED) is 0.554. The Hall–Kier alpha value is -1.07. The largest absolute Gasteiger partial charge is 0.504 e. The zero-order valence-corrected chi connectivity index (χ0v) is 9.08. The van der Waals surface area contributed by atoms with Gasteiger partial charge in [-0.3, -0.25) is 4.79 Å². The Balaban J connectivity index is 3.27. The van der Waals surface area contributed by atoms with Crippen molar-refractivity contribution in [2.75, 3.05) is 0 Å². The van der Waals surface area contributed by atoms with Gasteiger partial charge in [-0.25, -0.2) is 0 Å². The summed E-state index contributed by atoms with van der Waals surface area (Å²) in [6, 6.07) is 2.00. The predicted molar refractivity (Wildman–Crippen MR) is 55.5 cm³/mol. The lowest BCUT2D eigenvalue weighted by Crippen LogP contribution is -2.26. The summed E-state index contributed by atoms with van der Waals surface area (Å²) in [4.78, 5) is 11.5. The molecular formula is C9H10BrNO3. The summed E-state index contributed by atoms with van der Waals surface area (Å²) in [7, 11) is 0. The average Bonchev–Trinajstić information content (AvgIpc) is 2.09. The third-order valence-electron chi connectivity index (χ3n) is 1.73. The van der Waals surface area contributed by atoms with E-state index in [4.69, 9.17) is 5.73 Å². The van der Waals surface area contributed by atoms with E-state index in [9.17, 15) is 15.0 Å². The third-order valence-corrected chi connectivity index (χ3v) is 2.19. The minimum atomic E-state index is -0.713. The van der Waals surface area contributed by atoms with Crippen LogP contribution in [0.5, 0.6) is 11.5 Å². The van der Waals surface area contributed by atoms with Crippen molar-refractivity contribution in [2.24, 2.45) is 5.73 Å². The smallest absolute Gasteiger partial charge is 0.183 e. The second-order valence-corrected chi connectivity index (χ2v) is 3.89. The molecule has 4 N–H and O–H groups in total. The molecule has 0 spiro atoms. The molecule has 4 nitrogen and oxygen atoms in total. The van der Waals surface area contributed by atoms with Gasteiger partial charge in [0.1, 0.15) is 0 Å². The molecule has 1 unspecified atom stereocenters. The zero-order chi connectivity index (χ0) is 10.9. The number of aromatic hydroxyl groups is 2. The molecule has 0 aliphatic heterocycles. The number of Topliss-reactive ketones (excluding diaryl/α,β-unsaturated/α-hetero) is 1. The van der Waals surface area contributed by atoms with E-state index >= 15 is 0 Å². The molecule has 0 aliphatic rings. The second kappa shape index (κ2) is 3.98. The fourth-order valence-corrected chi connectivity index (χ4v) is 1.46. The van der Waals surface area contributed by atoms with Gasteiger partial charge < -0.3 is 15.9 Å². The number of benzene rings is 1. The molecule has 0 aromatic heterocycles. The molecule has 14 heavy (non-hydrogen) atoms. The normalized spacial score (nSPS) is 12.5. The molecule has 0 fully saturated rings. The van der Waals surface area contributed by atoms with Crippen LogP contribution in [0.1, 0.15) is 17.3 Å². The van der Waals surface area contributed by atoms with Crippen LogP contribution in [0.25, 0.3) is 0 Å². The minimum Gasteiger partial charge on any atom is -0.504 e. The molecule has 0 heterocycles. The maximum atomic E-state index is 11.5. The predicted octanol–water partition coefficient (Wildman–Crippen LogP) is 1.39. The summed E-state index contributed by atoms with van der Waals surface area (Å²) in [5.41, 5.74) is 5.40. The Morgan fingerprint density at radius 1 is 1.50 bits per heavy atom. The highest BCUT2D eigenvalue weighted by Crippen LogP contribution is 2.33. The Morgan fingerprint density at radius 2 is 2.07 bits per heavy atom. The number of carbonyl (C=O) groups excluding carboxylic acids is 1. The maximum absolute atomic E-state index is 11.5. The Labute approximate surface area is 89.5 Å². The van der Waals surface area contributed by atoms with Gasteiger partial charge in [0.15, 0.2) is 17.3 Å². The van der Waals surface area contributed by atoms with Crippen LogP contribution >= 0.6 is 15.9 Å². The van der Waals surface area contributed by atoms with E-state index < -0.39 is 17.6 Å². The SMILES string of the molecule is CC(N)C(=O)c1cc(Br)cc(O)c1O. The van der Waals surface area contributed by atoms with Gasteiger partial charge >= 0.3 is 0 Å². The van der Waals surface area contributed by atoms with Crippen molar-refractivity contribution in [3.05, 3.63) is 22.2 Å². The number of phenolic OH excluding ortho intramolecular Hbond substituents is 2. The van der Waals surface area contributed by atoms with E-state index in [1.165, 1.54) is 19.1 Å². The first-order valence-corrected chi connectivity index (χ1v) is 4.74. The second-order valence-electron chi connectivity index (χ2n) is 2.97. The number of rotatable bonds is 2. The first-order chi connectivity index (χ1) is 6.43. The van der Waals surface area contributed by atoms with Gasteiger partial charge in [0.25, 0.3) is 0 Å². The van der Waals surface area contributed by atoms with Crippen LogP contribution in [0, 0.1) is 0 Å². The van der Waals surface area contributed by atoms with Crippen molar-refractivity contribution >= 4 is 21.7 Å². The minimum absolute atomic E-state index is 0.0203. The standard InChI is InChI=1S/C9H10BrNO3/c1-4(11)8(13)6-2-5(10)3-7(12)9(6)14/h2-4,12,14H,11H2,1H3. The van der Waals surface area contributed by atoms with Crippen molar-refractivity contribution in [3.8, 4) is 11.5 Å². The molecule has 76 valence electrons. The Kier molecular flexibility index (Phi) is 3.13. The number of nitrogens with two attached hydrogens (primary N) is 1. The molecule has 5 heteroatoms. The highest BCUT2D eigenvalue weighted by atomic mass is 79.9. The molecule has 0 radical (unpaired) electrons.